The second-order valence-corrected chi connectivity index (χ2v) is 7.51. The lowest BCUT2D eigenvalue weighted by molar-refractivity contribution is -0.153. The molecular weight excluding hydrogens is 314 g/mol. The molecule has 22 heavy (non-hydrogen) atoms. The van der Waals surface area contributed by atoms with Crippen molar-refractivity contribution >= 4 is 16.0 Å². The Labute approximate surface area is 130 Å². The van der Waals surface area contributed by atoms with Gasteiger partial charge in [0.15, 0.2) is 6.10 Å². The van der Waals surface area contributed by atoms with E-state index in [2.05, 4.69) is 0 Å². The molecule has 0 aromatic carbocycles. The lowest BCUT2D eigenvalue weighted by Gasteiger charge is -2.39. The number of aliphatic carboxylic acids is 1. The van der Waals surface area contributed by atoms with Gasteiger partial charge < -0.3 is 19.3 Å². The van der Waals surface area contributed by atoms with Crippen LogP contribution in [0, 0.1) is 0 Å². The maximum atomic E-state index is 12.7. The number of carboxylic acids is 1. The fraction of sp³-hybridized carbons (Fsp3) is 0.923. The van der Waals surface area contributed by atoms with Crippen molar-refractivity contribution in [2.45, 2.75) is 31.5 Å². The third-order valence-corrected chi connectivity index (χ3v) is 6.01. The molecule has 1 atom stereocenters. The summed E-state index contributed by atoms with van der Waals surface area (Å²) in [6.45, 7) is 3.30. The highest BCUT2D eigenvalue weighted by Crippen LogP contribution is 2.28. The third kappa shape index (κ3) is 4.17. The van der Waals surface area contributed by atoms with Crippen LogP contribution in [0.1, 0.15) is 19.8 Å². The number of hydrogen-bond acceptors (Lipinski definition) is 6. The summed E-state index contributed by atoms with van der Waals surface area (Å²) in [5, 5.41) is 8.99. The lowest BCUT2D eigenvalue weighted by atomic mass is 9.96. The van der Waals surface area contributed by atoms with Crippen molar-refractivity contribution in [1.82, 2.24) is 4.31 Å². The van der Waals surface area contributed by atoms with Gasteiger partial charge >= 0.3 is 5.97 Å². The average Bonchev–Trinajstić information content (AvgIpc) is 2.48. The highest BCUT2D eigenvalue weighted by Gasteiger charge is 2.42. The molecule has 0 spiro atoms. The lowest BCUT2D eigenvalue weighted by Crippen LogP contribution is -2.53. The fourth-order valence-corrected chi connectivity index (χ4v) is 4.77. The van der Waals surface area contributed by atoms with Crippen LogP contribution >= 0.6 is 0 Å². The van der Waals surface area contributed by atoms with Gasteiger partial charge in [-0.3, -0.25) is 0 Å². The average molecular weight is 337 g/mol. The van der Waals surface area contributed by atoms with E-state index in [1.807, 2.05) is 6.92 Å². The predicted molar refractivity (Wildman–Crippen MR) is 77.1 cm³/mol. The highest BCUT2D eigenvalue weighted by atomic mass is 32.2. The van der Waals surface area contributed by atoms with Gasteiger partial charge in [-0.1, -0.05) is 0 Å². The summed E-state index contributed by atoms with van der Waals surface area (Å²) in [4.78, 5) is 11.0. The van der Waals surface area contributed by atoms with Crippen LogP contribution in [0.2, 0.25) is 0 Å². The van der Waals surface area contributed by atoms with E-state index in [4.69, 9.17) is 19.3 Å². The van der Waals surface area contributed by atoms with Gasteiger partial charge in [-0.25, -0.2) is 13.2 Å². The molecule has 9 heteroatoms. The number of carboxylic acid groups (broad SMARTS) is 1. The van der Waals surface area contributed by atoms with Crippen molar-refractivity contribution in [3.05, 3.63) is 0 Å². The number of morpholine rings is 1. The second-order valence-electron chi connectivity index (χ2n) is 5.54. The second kappa shape index (κ2) is 7.22. The molecule has 2 heterocycles. The van der Waals surface area contributed by atoms with E-state index in [1.165, 1.54) is 4.31 Å². The Bertz CT molecular complexity index is 481. The van der Waals surface area contributed by atoms with Crippen LogP contribution in [-0.4, -0.2) is 80.8 Å². The summed E-state index contributed by atoms with van der Waals surface area (Å²) < 4.78 is 42.6. The van der Waals surface area contributed by atoms with Crippen LogP contribution in [0.5, 0.6) is 0 Å². The van der Waals surface area contributed by atoms with Gasteiger partial charge in [0, 0.05) is 39.2 Å². The zero-order valence-corrected chi connectivity index (χ0v) is 13.5. The molecule has 1 unspecified atom stereocenters. The molecule has 0 aromatic rings. The van der Waals surface area contributed by atoms with Crippen LogP contribution in [0.3, 0.4) is 0 Å². The van der Waals surface area contributed by atoms with E-state index in [-0.39, 0.29) is 25.4 Å². The molecule has 0 bridgehead atoms. The van der Waals surface area contributed by atoms with Crippen molar-refractivity contribution in [2.75, 3.05) is 45.3 Å². The SMILES string of the molecule is CCOC1(CS(=O)(=O)N2CCOC(C(=O)O)C2)CCOCC1. The summed E-state index contributed by atoms with van der Waals surface area (Å²) in [7, 11) is -3.62. The maximum Gasteiger partial charge on any atom is 0.334 e. The predicted octanol–water partition coefficient (Wildman–Crippen LogP) is -0.313. The molecule has 2 fully saturated rings. The zero-order chi connectivity index (χ0) is 16.2. The molecule has 0 aromatic heterocycles. The minimum atomic E-state index is -3.62. The smallest absolute Gasteiger partial charge is 0.334 e. The first-order valence-electron chi connectivity index (χ1n) is 7.42. The van der Waals surface area contributed by atoms with Gasteiger partial charge in [0.25, 0.3) is 0 Å². The van der Waals surface area contributed by atoms with E-state index >= 15 is 0 Å². The Morgan fingerprint density at radius 1 is 1.36 bits per heavy atom. The normalized spacial score (nSPS) is 26.7. The molecule has 128 valence electrons. The maximum absolute atomic E-state index is 12.7. The van der Waals surface area contributed by atoms with Gasteiger partial charge in [0.05, 0.1) is 24.5 Å². The van der Waals surface area contributed by atoms with Gasteiger partial charge in [0.1, 0.15) is 0 Å². The van der Waals surface area contributed by atoms with Gasteiger partial charge in [0.2, 0.25) is 10.0 Å². The van der Waals surface area contributed by atoms with E-state index in [0.717, 1.165) is 0 Å². The fourth-order valence-electron chi connectivity index (χ4n) is 2.83. The van der Waals surface area contributed by atoms with Crippen LogP contribution in [0.25, 0.3) is 0 Å². The van der Waals surface area contributed by atoms with Crippen molar-refractivity contribution in [3.8, 4) is 0 Å². The van der Waals surface area contributed by atoms with Crippen LogP contribution in [0.4, 0.5) is 0 Å². The number of rotatable bonds is 6. The Balaban J connectivity index is 2.09. The molecule has 2 rings (SSSR count). The minimum Gasteiger partial charge on any atom is -0.479 e. The summed E-state index contributed by atoms with van der Waals surface area (Å²) in [5.74, 6) is -1.30. The van der Waals surface area contributed by atoms with Crippen molar-refractivity contribution in [2.24, 2.45) is 0 Å². The van der Waals surface area contributed by atoms with Crippen molar-refractivity contribution < 1.29 is 32.5 Å². The van der Waals surface area contributed by atoms with Crippen molar-refractivity contribution in [1.29, 1.82) is 0 Å². The number of sulfonamides is 1. The first-order valence-corrected chi connectivity index (χ1v) is 9.03. The summed E-state index contributed by atoms with van der Waals surface area (Å²) in [6.07, 6.45) is -0.0687. The molecule has 1 N–H and O–H groups in total. The largest absolute Gasteiger partial charge is 0.479 e. The summed E-state index contributed by atoms with van der Waals surface area (Å²) in [5.41, 5.74) is -0.747. The van der Waals surface area contributed by atoms with E-state index in [1.54, 1.807) is 0 Å². The van der Waals surface area contributed by atoms with Crippen LogP contribution in [0.15, 0.2) is 0 Å². The van der Waals surface area contributed by atoms with E-state index in [0.29, 0.717) is 32.7 Å². The number of ether oxygens (including phenoxy) is 3. The minimum absolute atomic E-state index is 0.0843. The first-order chi connectivity index (χ1) is 10.4. The third-order valence-electron chi connectivity index (χ3n) is 4.00. The highest BCUT2D eigenvalue weighted by molar-refractivity contribution is 7.89. The monoisotopic (exact) mass is 337 g/mol. The van der Waals surface area contributed by atoms with Crippen LogP contribution < -0.4 is 0 Å². The summed E-state index contributed by atoms with van der Waals surface area (Å²) in [6, 6.07) is 0. The molecule has 0 saturated carbocycles. The molecule has 0 radical (unpaired) electrons. The Morgan fingerprint density at radius 3 is 2.64 bits per heavy atom. The quantitative estimate of drug-likeness (QED) is 0.709. The van der Waals surface area contributed by atoms with Gasteiger partial charge in [-0.2, -0.15) is 4.31 Å². The molecule has 2 aliphatic heterocycles. The topological polar surface area (TPSA) is 102 Å². The van der Waals surface area contributed by atoms with Crippen molar-refractivity contribution in [3.63, 3.8) is 0 Å². The molecular formula is C13H23NO7S. The standard InChI is InChI=1S/C13H23NO7S/c1-2-21-13(3-6-19-7-4-13)10-22(17,18)14-5-8-20-11(9-14)12(15)16/h11H,2-10H2,1H3,(H,15,16). The number of nitrogens with zero attached hydrogens (tertiary/aromatic N) is 1. The Kier molecular flexibility index (Phi) is 5.78. The Hall–Kier alpha value is -0.740. The van der Waals surface area contributed by atoms with Crippen LogP contribution in [-0.2, 0) is 29.0 Å². The summed E-state index contributed by atoms with van der Waals surface area (Å²) >= 11 is 0. The first kappa shape index (κ1) is 17.6. The molecule has 2 saturated heterocycles. The van der Waals surface area contributed by atoms with E-state index in [9.17, 15) is 13.2 Å². The Morgan fingerprint density at radius 2 is 2.05 bits per heavy atom. The molecule has 0 aliphatic carbocycles. The van der Waals surface area contributed by atoms with E-state index < -0.39 is 27.7 Å². The number of hydrogen-bond donors (Lipinski definition) is 1. The zero-order valence-electron chi connectivity index (χ0n) is 12.7. The molecule has 2 aliphatic rings. The van der Waals surface area contributed by atoms with Gasteiger partial charge in [-0.15, -0.1) is 0 Å². The molecule has 0 amide bonds. The molecule has 8 nitrogen and oxygen atoms in total. The number of carbonyl (C=O) groups is 1. The van der Waals surface area contributed by atoms with Gasteiger partial charge in [-0.05, 0) is 6.92 Å².